The van der Waals surface area contributed by atoms with Crippen molar-refractivity contribution in [2.24, 2.45) is 5.92 Å². The normalized spacial score (nSPS) is 24.7. The van der Waals surface area contributed by atoms with E-state index < -0.39 is 0 Å². The second kappa shape index (κ2) is 4.01. The lowest BCUT2D eigenvalue weighted by Crippen LogP contribution is -1.92. The van der Waals surface area contributed by atoms with Crippen LogP contribution >= 0.6 is 0 Å². The van der Waals surface area contributed by atoms with E-state index in [4.69, 9.17) is 9.84 Å². The number of hydrogen-bond donors (Lipinski definition) is 1. The Bertz CT molecular complexity index is 292. The van der Waals surface area contributed by atoms with E-state index >= 15 is 0 Å². The van der Waals surface area contributed by atoms with Crippen LogP contribution in [0.2, 0.25) is 0 Å². The van der Waals surface area contributed by atoms with Crippen LogP contribution in [-0.2, 0) is 0 Å². The summed E-state index contributed by atoms with van der Waals surface area (Å²) in [4.78, 5) is 0. The van der Waals surface area contributed by atoms with Crippen molar-refractivity contribution in [1.82, 2.24) is 0 Å². The molecule has 0 unspecified atom stereocenters. The van der Waals surface area contributed by atoms with Crippen molar-refractivity contribution in [3.8, 4) is 5.75 Å². The number of aliphatic hydroxyl groups excluding tert-OH is 1. The Balaban J connectivity index is 2.00. The lowest BCUT2D eigenvalue weighted by Gasteiger charge is -2.04. The first-order valence-electron chi connectivity index (χ1n) is 5.18. The van der Waals surface area contributed by atoms with E-state index in [9.17, 15) is 0 Å². The maximum atomic E-state index is 8.95. The topological polar surface area (TPSA) is 29.5 Å². The van der Waals surface area contributed by atoms with Gasteiger partial charge in [0.1, 0.15) is 5.75 Å². The van der Waals surface area contributed by atoms with Crippen molar-refractivity contribution in [3.63, 3.8) is 0 Å². The summed E-state index contributed by atoms with van der Waals surface area (Å²) in [6.45, 7) is 3.01. The first kappa shape index (κ1) is 9.53. The highest BCUT2D eigenvalue weighted by Gasteiger charge is 2.37. The smallest absolute Gasteiger partial charge is 0.119 e. The van der Waals surface area contributed by atoms with Crippen LogP contribution in [0.4, 0.5) is 0 Å². The standard InChI is InChI=1S/C12H16O2/c1-2-14-11-5-3-9(4-6-11)12-7-10(12)8-13/h3-6,10,12-13H,2,7-8H2,1H3/t10-,12-/m0/s1. The molecule has 76 valence electrons. The molecule has 1 aromatic carbocycles. The molecule has 0 radical (unpaired) electrons. The van der Waals surface area contributed by atoms with Crippen molar-refractivity contribution in [3.05, 3.63) is 29.8 Å². The molecule has 0 aliphatic heterocycles. The van der Waals surface area contributed by atoms with Gasteiger partial charge in [-0.3, -0.25) is 0 Å². The Morgan fingerprint density at radius 3 is 2.57 bits per heavy atom. The van der Waals surface area contributed by atoms with Gasteiger partial charge in [0.05, 0.1) is 6.61 Å². The summed E-state index contributed by atoms with van der Waals surface area (Å²) in [5.74, 6) is 2.00. The zero-order chi connectivity index (χ0) is 9.97. The van der Waals surface area contributed by atoms with Gasteiger partial charge in [-0.15, -0.1) is 0 Å². The molecule has 1 aliphatic rings. The molecule has 1 aliphatic carbocycles. The number of benzene rings is 1. The highest BCUT2D eigenvalue weighted by atomic mass is 16.5. The summed E-state index contributed by atoms with van der Waals surface area (Å²) >= 11 is 0. The van der Waals surface area contributed by atoms with Gasteiger partial charge in [0, 0.05) is 6.61 Å². The highest BCUT2D eigenvalue weighted by Crippen LogP contribution is 2.47. The zero-order valence-electron chi connectivity index (χ0n) is 8.44. The van der Waals surface area contributed by atoms with Crippen LogP contribution in [0.25, 0.3) is 0 Å². The van der Waals surface area contributed by atoms with E-state index in [1.807, 2.05) is 19.1 Å². The monoisotopic (exact) mass is 192 g/mol. The molecular formula is C12H16O2. The van der Waals surface area contributed by atoms with Crippen molar-refractivity contribution >= 4 is 0 Å². The van der Waals surface area contributed by atoms with Crippen molar-refractivity contribution in [2.45, 2.75) is 19.3 Å². The van der Waals surface area contributed by atoms with Crippen LogP contribution in [0.3, 0.4) is 0 Å². The fourth-order valence-corrected chi connectivity index (χ4v) is 1.84. The summed E-state index contributed by atoms with van der Waals surface area (Å²) < 4.78 is 5.36. The summed E-state index contributed by atoms with van der Waals surface area (Å²) in [6.07, 6.45) is 1.13. The average Bonchev–Trinajstić information content (AvgIpc) is 2.99. The maximum Gasteiger partial charge on any atom is 0.119 e. The van der Waals surface area contributed by atoms with Gasteiger partial charge in [-0.25, -0.2) is 0 Å². The summed E-state index contributed by atoms with van der Waals surface area (Å²) in [5, 5.41) is 8.95. The van der Waals surface area contributed by atoms with E-state index in [0.29, 0.717) is 25.0 Å². The molecule has 0 bridgehead atoms. The molecule has 1 saturated carbocycles. The zero-order valence-corrected chi connectivity index (χ0v) is 8.44. The molecular weight excluding hydrogens is 176 g/mol. The van der Waals surface area contributed by atoms with E-state index in [1.54, 1.807) is 0 Å². The summed E-state index contributed by atoms with van der Waals surface area (Å²) in [5.41, 5.74) is 1.33. The van der Waals surface area contributed by atoms with Crippen LogP contribution in [-0.4, -0.2) is 18.3 Å². The van der Waals surface area contributed by atoms with E-state index in [0.717, 1.165) is 12.2 Å². The van der Waals surface area contributed by atoms with Gasteiger partial charge >= 0.3 is 0 Å². The highest BCUT2D eigenvalue weighted by molar-refractivity contribution is 5.32. The Morgan fingerprint density at radius 2 is 2.07 bits per heavy atom. The fourth-order valence-electron chi connectivity index (χ4n) is 1.84. The Labute approximate surface area is 84.5 Å². The predicted molar refractivity (Wildman–Crippen MR) is 55.5 cm³/mol. The minimum absolute atomic E-state index is 0.317. The van der Waals surface area contributed by atoms with Gasteiger partial charge in [-0.2, -0.15) is 0 Å². The molecule has 2 nitrogen and oxygen atoms in total. The SMILES string of the molecule is CCOc1ccc([C@@H]2C[C@H]2CO)cc1. The molecule has 0 saturated heterocycles. The molecule has 0 spiro atoms. The molecule has 0 aromatic heterocycles. The summed E-state index contributed by atoms with van der Waals surface area (Å²) in [7, 11) is 0. The van der Waals surface area contributed by atoms with Gasteiger partial charge in [-0.1, -0.05) is 12.1 Å². The van der Waals surface area contributed by atoms with Gasteiger partial charge in [0.2, 0.25) is 0 Å². The Hall–Kier alpha value is -1.02. The lowest BCUT2D eigenvalue weighted by molar-refractivity contribution is 0.274. The largest absolute Gasteiger partial charge is 0.494 e. The van der Waals surface area contributed by atoms with E-state index in [1.165, 1.54) is 5.56 Å². The lowest BCUT2D eigenvalue weighted by atomic mass is 10.1. The Morgan fingerprint density at radius 1 is 1.36 bits per heavy atom. The molecule has 1 N–H and O–H groups in total. The van der Waals surface area contributed by atoms with Crippen molar-refractivity contribution in [2.75, 3.05) is 13.2 Å². The molecule has 1 aromatic rings. The van der Waals surface area contributed by atoms with Gasteiger partial charge in [0.15, 0.2) is 0 Å². The minimum Gasteiger partial charge on any atom is -0.494 e. The third-order valence-electron chi connectivity index (χ3n) is 2.78. The molecule has 2 rings (SSSR count). The molecule has 0 amide bonds. The molecule has 2 atom stereocenters. The average molecular weight is 192 g/mol. The van der Waals surface area contributed by atoms with Crippen LogP contribution in [0.5, 0.6) is 5.75 Å². The molecule has 0 heterocycles. The third-order valence-corrected chi connectivity index (χ3v) is 2.78. The van der Waals surface area contributed by atoms with Gasteiger partial charge in [0.25, 0.3) is 0 Å². The molecule has 2 heteroatoms. The number of aliphatic hydroxyl groups is 1. The van der Waals surface area contributed by atoms with Crippen LogP contribution in [0, 0.1) is 5.92 Å². The van der Waals surface area contributed by atoms with Crippen molar-refractivity contribution in [1.29, 1.82) is 0 Å². The van der Waals surface area contributed by atoms with Crippen LogP contribution in [0.15, 0.2) is 24.3 Å². The third kappa shape index (κ3) is 1.90. The fraction of sp³-hybridized carbons (Fsp3) is 0.500. The van der Waals surface area contributed by atoms with E-state index in [2.05, 4.69) is 12.1 Å². The van der Waals surface area contributed by atoms with Gasteiger partial charge in [-0.05, 0) is 42.9 Å². The quantitative estimate of drug-likeness (QED) is 0.792. The second-order valence-corrected chi connectivity index (χ2v) is 3.79. The first-order chi connectivity index (χ1) is 6.85. The molecule has 14 heavy (non-hydrogen) atoms. The number of rotatable bonds is 4. The summed E-state index contributed by atoms with van der Waals surface area (Å²) in [6, 6.07) is 8.22. The number of ether oxygens (including phenoxy) is 1. The van der Waals surface area contributed by atoms with Crippen LogP contribution < -0.4 is 4.74 Å². The van der Waals surface area contributed by atoms with Gasteiger partial charge < -0.3 is 9.84 Å². The number of hydrogen-bond acceptors (Lipinski definition) is 2. The molecule has 1 fully saturated rings. The predicted octanol–water partition coefficient (Wildman–Crippen LogP) is 2.18. The van der Waals surface area contributed by atoms with E-state index in [-0.39, 0.29) is 0 Å². The minimum atomic E-state index is 0.317. The van der Waals surface area contributed by atoms with Crippen LogP contribution in [0.1, 0.15) is 24.8 Å². The first-order valence-corrected chi connectivity index (χ1v) is 5.18. The van der Waals surface area contributed by atoms with Crippen molar-refractivity contribution < 1.29 is 9.84 Å². The second-order valence-electron chi connectivity index (χ2n) is 3.79. The maximum absolute atomic E-state index is 8.95. The Kier molecular flexibility index (Phi) is 2.73.